The predicted molar refractivity (Wildman–Crippen MR) is 61.5 cm³/mol. The van der Waals surface area contributed by atoms with E-state index in [1.165, 1.54) is 5.56 Å². The van der Waals surface area contributed by atoms with Crippen LogP contribution in [0.3, 0.4) is 0 Å². The molecule has 0 saturated carbocycles. The fraction of sp³-hybridized carbons (Fsp3) is 0.300. The third kappa shape index (κ3) is 3.62. The van der Waals surface area contributed by atoms with Crippen LogP contribution in [0.5, 0.6) is 5.75 Å². The molecule has 0 heterocycles. The van der Waals surface area contributed by atoms with E-state index in [1.54, 1.807) is 19.2 Å². The molecule has 0 bridgehead atoms. The first-order valence-corrected chi connectivity index (χ1v) is 4.86. The largest absolute Gasteiger partial charge is 0.508 e. The van der Waals surface area contributed by atoms with Gasteiger partial charge in [-0.25, -0.2) is 0 Å². The second-order valence-electron chi connectivity index (χ2n) is 2.92. The van der Waals surface area contributed by atoms with Gasteiger partial charge in [-0.3, -0.25) is 0 Å². The molecule has 0 unspecified atom stereocenters. The minimum atomic E-state index is 0.299. The first kappa shape index (κ1) is 10.8. The van der Waals surface area contributed by atoms with Crippen LogP contribution in [0.25, 0.3) is 0 Å². The molecule has 0 saturated heterocycles. The zero-order valence-corrected chi connectivity index (χ0v) is 8.90. The zero-order valence-electron chi connectivity index (χ0n) is 8.08. The molecule has 0 amide bonds. The summed E-state index contributed by atoms with van der Waals surface area (Å²) in [7, 11) is 1.79. The molecular formula is C10H14N2OS. The van der Waals surface area contributed by atoms with E-state index in [0.717, 1.165) is 13.0 Å². The standard InChI is InChI=1S/C10H14N2OS/c1-11-10(14)12-7-6-8-2-4-9(13)5-3-8/h2-5,13H,6-7H2,1H3,(H2,11,12,14). The second-order valence-corrected chi connectivity index (χ2v) is 3.33. The van der Waals surface area contributed by atoms with E-state index in [0.29, 0.717) is 10.9 Å². The van der Waals surface area contributed by atoms with Gasteiger partial charge in [0.15, 0.2) is 5.11 Å². The fourth-order valence-electron chi connectivity index (χ4n) is 1.07. The lowest BCUT2D eigenvalue weighted by Crippen LogP contribution is -2.33. The number of hydrogen-bond donors (Lipinski definition) is 3. The summed E-state index contributed by atoms with van der Waals surface area (Å²) in [5.41, 5.74) is 1.18. The van der Waals surface area contributed by atoms with E-state index >= 15 is 0 Å². The minimum absolute atomic E-state index is 0.299. The lowest BCUT2D eigenvalue weighted by molar-refractivity contribution is 0.475. The molecular weight excluding hydrogens is 196 g/mol. The molecule has 0 aliphatic rings. The normalized spacial score (nSPS) is 9.50. The van der Waals surface area contributed by atoms with Gasteiger partial charge in [-0.05, 0) is 36.3 Å². The molecule has 14 heavy (non-hydrogen) atoms. The van der Waals surface area contributed by atoms with Crippen LogP contribution < -0.4 is 10.6 Å². The van der Waals surface area contributed by atoms with Crippen LogP contribution in [0.2, 0.25) is 0 Å². The van der Waals surface area contributed by atoms with Crippen molar-refractivity contribution in [3.63, 3.8) is 0 Å². The average molecular weight is 210 g/mol. The Morgan fingerprint density at radius 3 is 2.57 bits per heavy atom. The number of phenolic OH excluding ortho intramolecular Hbond substituents is 1. The van der Waals surface area contributed by atoms with Crippen molar-refractivity contribution in [2.75, 3.05) is 13.6 Å². The van der Waals surface area contributed by atoms with Gasteiger partial charge in [-0.1, -0.05) is 12.1 Å². The Balaban J connectivity index is 2.31. The van der Waals surface area contributed by atoms with Crippen LogP contribution in [-0.4, -0.2) is 23.8 Å². The predicted octanol–water partition coefficient (Wildman–Crippen LogP) is 1.03. The molecule has 0 aliphatic carbocycles. The monoisotopic (exact) mass is 210 g/mol. The van der Waals surface area contributed by atoms with Crippen molar-refractivity contribution in [1.29, 1.82) is 0 Å². The Bertz CT molecular complexity index is 297. The van der Waals surface area contributed by atoms with Crippen LogP contribution in [0.1, 0.15) is 5.56 Å². The molecule has 0 fully saturated rings. The van der Waals surface area contributed by atoms with Crippen molar-refractivity contribution in [3.05, 3.63) is 29.8 Å². The highest BCUT2D eigenvalue weighted by atomic mass is 32.1. The van der Waals surface area contributed by atoms with Crippen molar-refractivity contribution in [2.24, 2.45) is 0 Å². The number of thiocarbonyl (C=S) groups is 1. The highest BCUT2D eigenvalue weighted by Gasteiger charge is 1.94. The molecule has 3 nitrogen and oxygen atoms in total. The molecule has 1 aromatic rings. The number of nitrogens with one attached hydrogen (secondary N) is 2. The Morgan fingerprint density at radius 1 is 1.36 bits per heavy atom. The first-order valence-electron chi connectivity index (χ1n) is 4.46. The second kappa shape index (κ2) is 5.44. The van der Waals surface area contributed by atoms with Crippen molar-refractivity contribution in [1.82, 2.24) is 10.6 Å². The van der Waals surface area contributed by atoms with E-state index in [-0.39, 0.29) is 0 Å². The third-order valence-electron chi connectivity index (χ3n) is 1.86. The van der Waals surface area contributed by atoms with Crippen LogP contribution in [0.15, 0.2) is 24.3 Å². The molecule has 1 rings (SSSR count). The quantitative estimate of drug-likeness (QED) is 0.652. The van der Waals surface area contributed by atoms with Gasteiger partial charge in [0.2, 0.25) is 0 Å². The number of benzene rings is 1. The van der Waals surface area contributed by atoms with Crippen LogP contribution in [0, 0.1) is 0 Å². The highest BCUT2D eigenvalue weighted by molar-refractivity contribution is 7.80. The summed E-state index contributed by atoms with van der Waals surface area (Å²) in [6.45, 7) is 0.796. The van der Waals surface area contributed by atoms with E-state index in [2.05, 4.69) is 10.6 Å². The van der Waals surface area contributed by atoms with E-state index in [1.807, 2.05) is 12.1 Å². The average Bonchev–Trinajstić information content (AvgIpc) is 2.21. The number of aromatic hydroxyl groups is 1. The molecule has 0 aliphatic heterocycles. The van der Waals surface area contributed by atoms with Gasteiger partial charge in [-0.15, -0.1) is 0 Å². The maximum Gasteiger partial charge on any atom is 0.166 e. The van der Waals surface area contributed by atoms with Crippen LogP contribution in [0.4, 0.5) is 0 Å². The topological polar surface area (TPSA) is 44.3 Å². The zero-order chi connectivity index (χ0) is 10.4. The van der Waals surface area contributed by atoms with E-state index in [4.69, 9.17) is 17.3 Å². The lowest BCUT2D eigenvalue weighted by atomic mass is 10.1. The number of phenols is 1. The Hall–Kier alpha value is -1.29. The summed E-state index contributed by atoms with van der Waals surface area (Å²) in [5, 5.41) is 15.6. The van der Waals surface area contributed by atoms with Gasteiger partial charge in [0, 0.05) is 13.6 Å². The maximum absolute atomic E-state index is 9.06. The summed E-state index contributed by atoms with van der Waals surface area (Å²) >= 11 is 4.93. The Labute approximate surface area is 89.1 Å². The third-order valence-corrected chi connectivity index (χ3v) is 2.21. The van der Waals surface area contributed by atoms with Gasteiger partial charge < -0.3 is 15.7 Å². The fourth-order valence-corrected chi connectivity index (χ4v) is 1.17. The van der Waals surface area contributed by atoms with Crippen molar-refractivity contribution in [3.8, 4) is 5.75 Å². The SMILES string of the molecule is CNC(=S)NCCc1ccc(O)cc1. The van der Waals surface area contributed by atoms with E-state index in [9.17, 15) is 0 Å². The summed E-state index contributed by atoms with van der Waals surface area (Å²) in [4.78, 5) is 0. The summed E-state index contributed by atoms with van der Waals surface area (Å²) in [6, 6.07) is 7.18. The Morgan fingerprint density at radius 2 is 2.00 bits per heavy atom. The molecule has 76 valence electrons. The molecule has 1 aromatic carbocycles. The molecule has 0 radical (unpaired) electrons. The van der Waals surface area contributed by atoms with E-state index < -0.39 is 0 Å². The smallest absolute Gasteiger partial charge is 0.166 e. The molecule has 3 N–H and O–H groups in total. The highest BCUT2D eigenvalue weighted by Crippen LogP contribution is 2.09. The molecule has 4 heteroatoms. The first-order chi connectivity index (χ1) is 6.72. The van der Waals surface area contributed by atoms with Crippen LogP contribution in [-0.2, 0) is 6.42 Å². The van der Waals surface area contributed by atoms with Gasteiger partial charge in [0.25, 0.3) is 0 Å². The van der Waals surface area contributed by atoms with Crippen molar-refractivity contribution in [2.45, 2.75) is 6.42 Å². The van der Waals surface area contributed by atoms with Gasteiger partial charge in [-0.2, -0.15) is 0 Å². The number of rotatable bonds is 3. The van der Waals surface area contributed by atoms with Crippen LogP contribution >= 0.6 is 12.2 Å². The number of hydrogen-bond acceptors (Lipinski definition) is 2. The van der Waals surface area contributed by atoms with Gasteiger partial charge in [0.05, 0.1) is 0 Å². The summed E-state index contributed by atoms with van der Waals surface area (Å²) in [6.07, 6.45) is 0.891. The van der Waals surface area contributed by atoms with Gasteiger partial charge in [0.1, 0.15) is 5.75 Å². The minimum Gasteiger partial charge on any atom is -0.508 e. The summed E-state index contributed by atoms with van der Waals surface area (Å²) in [5.74, 6) is 0.299. The molecule has 0 spiro atoms. The van der Waals surface area contributed by atoms with Gasteiger partial charge >= 0.3 is 0 Å². The van der Waals surface area contributed by atoms with Crippen molar-refractivity contribution < 1.29 is 5.11 Å². The molecule has 0 atom stereocenters. The maximum atomic E-state index is 9.06. The lowest BCUT2D eigenvalue weighted by Gasteiger charge is -2.06. The molecule has 0 aromatic heterocycles. The summed E-state index contributed by atoms with van der Waals surface area (Å²) < 4.78 is 0. The Kier molecular flexibility index (Phi) is 4.19. The van der Waals surface area contributed by atoms with Crippen molar-refractivity contribution >= 4 is 17.3 Å².